The summed E-state index contributed by atoms with van der Waals surface area (Å²) in [6.07, 6.45) is 2.53. The number of likely N-dealkylation sites (tertiary alicyclic amines) is 1. The molecule has 0 bridgehead atoms. The number of alkyl halides is 3. The van der Waals surface area contributed by atoms with E-state index in [4.69, 9.17) is 0 Å². The van der Waals surface area contributed by atoms with Crippen molar-refractivity contribution in [3.05, 3.63) is 0 Å². The minimum absolute atomic E-state index is 0.0113. The van der Waals surface area contributed by atoms with E-state index in [1.165, 1.54) is 0 Å². The maximum absolute atomic E-state index is 12.0. The Bertz CT molecular complexity index is 302. The quantitative estimate of drug-likeness (QED) is 0.817. The van der Waals surface area contributed by atoms with Crippen molar-refractivity contribution in [2.24, 2.45) is 5.41 Å². The van der Waals surface area contributed by atoms with Crippen molar-refractivity contribution in [1.29, 1.82) is 0 Å². The molecular weight excluding hydrogens is 279 g/mol. The number of hydrogen-bond acceptors (Lipinski definition) is 3. The van der Waals surface area contributed by atoms with Crippen LogP contribution in [0.2, 0.25) is 0 Å². The van der Waals surface area contributed by atoms with Gasteiger partial charge in [0, 0.05) is 12.3 Å². The van der Waals surface area contributed by atoms with Gasteiger partial charge in [0.25, 0.3) is 0 Å². The lowest BCUT2D eigenvalue weighted by Gasteiger charge is -2.38. The number of carboxylic acid groups (broad SMARTS) is 1. The van der Waals surface area contributed by atoms with Gasteiger partial charge in [-0.3, -0.25) is 4.79 Å². The molecule has 1 N–H and O–H groups in total. The molecule has 7 heteroatoms. The minimum Gasteiger partial charge on any atom is -0.481 e. The zero-order valence-electron chi connectivity index (χ0n) is 11.0. The highest BCUT2D eigenvalue weighted by Crippen LogP contribution is 2.37. The third kappa shape index (κ3) is 5.22. The zero-order valence-corrected chi connectivity index (χ0v) is 11.8. The van der Waals surface area contributed by atoms with Gasteiger partial charge in [-0.15, -0.1) is 0 Å². The Labute approximate surface area is 115 Å². The molecule has 1 heterocycles. The van der Waals surface area contributed by atoms with E-state index in [2.05, 4.69) is 0 Å². The number of piperidine rings is 1. The largest absolute Gasteiger partial charge is 0.481 e. The summed E-state index contributed by atoms with van der Waals surface area (Å²) in [4.78, 5) is 13.3. The van der Waals surface area contributed by atoms with Gasteiger partial charge in [-0.1, -0.05) is 13.3 Å². The molecule has 1 aliphatic rings. The second kappa shape index (κ2) is 6.83. The van der Waals surface area contributed by atoms with Crippen molar-refractivity contribution in [2.75, 3.05) is 25.4 Å². The molecule has 0 aromatic heterocycles. The van der Waals surface area contributed by atoms with Gasteiger partial charge in [0.2, 0.25) is 0 Å². The summed E-state index contributed by atoms with van der Waals surface area (Å²) in [5.41, 5.74) is -4.84. The monoisotopic (exact) mass is 299 g/mol. The number of thioether (sulfide) groups is 1. The second-order valence-electron chi connectivity index (χ2n) is 4.97. The molecule has 1 saturated heterocycles. The van der Waals surface area contributed by atoms with Crippen molar-refractivity contribution >= 4 is 17.7 Å². The number of carbonyl (C=O) groups is 1. The number of hydrogen-bond donors (Lipinski definition) is 1. The average Bonchev–Trinajstić information content (AvgIpc) is 2.30. The van der Waals surface area contributed by atoms with Crippen LogP contribution in [0.1, 0.15) is 32.6 Å². The molecule has 0 saturated carbocycles. The van der Waals surface area contributed by atoms with E-state index in [1.54, 1.807) is 0 Å². The maximum Gasteiger partial charge on any atom is 0.441 e. The summed E-state index contributed by atoms with van der Waals surface area (Å²) < 4.78 is 36.0. The van der Waals surface area contributed by atoms with Crippen LogP contribution in [0.5, 0.6) is 0 Å². The molecule has 0 aliphatic carbocycles. The highest BCUT2D eigenvalue weighted by atomic mass is 32.2. The Balaban J connectivity index is 2.37. The van der Waals surface area contributed by atoms with Gasteiger partial charge >= 0.3 is 11.5 Å². The van der Waals surface area contributed by atoms with E-state index in [0.29, 0.717) is 38.9 Å². The maximum atomic E-state index is 12.0. The van der Waals surface area contributed by atoms with Crippen LogP contribution < -0.4 is 0 Å². The standard InChI is InChI=1S/C12H20F3NO2S/c1-2-3-11(10(17)18)4-6-16(7-5-11)8-9-19-12(13,14)15/h2-9H2,1H3,(H,17,18). The molecule has 112 valence electrons. The van der Waals surface area contributed by atoms with Crippen LogP contribution >= 0.6 is 11.8 Å². The molecule has 1 aliphatic heterocycles. The molecule has 19 heavy (non-hydrogen) atoms. The molecule has 3 nitrogen and oxygen atoms in total. The van der Waals surface area contributed by atoms with E-state index < -0.39 is 16.9 Å². The molecule has 0 aromatic carbocycles. The number of aliphatic carboxylic acids is 1. The Kier molecular flexibility index (Phi) is 5.98. The van der Waals surface area contributed by atoms with E-state index in [0.717, 1.165) is 6.42 Å². The van der Waals surface area contributed by atoms with Crippen LogP contribution in [0.4, 0.5) is 13.2 Å². The lowest BCUT2D eigenvalue weighted by molar-refractivity contribution is -0.152. The van der Waals surface area contributed by atoms with Gasteiger partial charge in [0.1, 0.15) is 0 Å². The number of rotatable bonds is 6. The van der Waals surface area contributed by atoms with Crippen molar-refractivity contribution in [3.8, 4) is 0 Å². The molecule has 0 atom stereocenters. The first kappa shape index (κ1) is 16.6. The third-order valence-corrected chi connectivity index (χ3v) is 4.38. The SMILES string of the molecule is CCCC1(C(=O)O)CCN(CCSC(F)(F)F)CC1. The minimum atomic E-state index is -4.18. The predicted molar refractivity (Wildman–Crippen MR) is 69.2 cm³/mol. The van der Waals surface area contributed by atoms with E-state index in [-0.39, 0.29) is 17.5 Å². The summed E-state index contributed by atoms with van der Waals surface area (Å²) in [7, 11) is 0. The van der Waals surface area contributed by atoms with Crippen LogP contribution in [-0.2, 0) is 4.79 Å². The summed E-state index contributed by atoms with van der Waals surface area (Å²) in [5, 5.41) is 9.32. The zero-order chi connectivity index (χ0) is 14.5. The average molecular weight is 299 g/mol. The Morgan fingerprint density at radius 1 is 1.37 bits per heavy atom. The fourth-order valence-electron chi connectivity index (χ4n) is 2.54. The summed E-state index contributed by atoms with van der Waals surface area (Å²) in [6, 6.07) is 0. The van der Waals surface area contributed by atoms with E-state index in [1.807, 2.05) is 11.8 Å². The number of nitrogens with zero attached hydrogens (tertiary/aromatic N) is 1. The van der Waals surface area contributed by atoms with Crippen LogP contribution in [0.3, 0.4) is 0 Å². The molecule has 0 aromatic rings. The van der Waals surface area contributed by atoms with Gasteiger partial charge in [0.15, 0.2) is 0 Å². The van der Waals surface area contributed by atoms with E-state index in [9.17, 15) is 23.1 Å². The molecule has 1 rings (SSSR count). The third-order valence-electron chi connectivity index (χ3n) is 3.67. The van der Waals surface area contributed by atoms with Crippen molar-refractivity contribution in [3.63, 3.8) is 0 Å². The normalized spacial score (nSPS) is 20.4. The second-order valence-corrected chi connectivity index (χ2v) is 6.13. The van der Waals surface area contributed by atoms with Crippen LogP contribution in [0, 0.1) is 5.41 Å². The fraction of sp³-hybridized carbons (Fsp3) is 0.917. The topological polar surface area (TPSA) is 40.5 Å². The first-order valence-electron chi connectivity index (χ1n) is 6.45. The molecule has 0 spiro atoms. The number of halogens is 3. The first-order valence-corrected chi connectivity index (χ1v) is 7.44. The van der Waals surface area contributed by atoms with Crippen LogP contribution in [0.15, 0.2) is 0 Å². The van der Waals surface area contributed by atoms with Crippen LogP contribution in [0.25, 0.3) is 0 Å². The molecule has 0 amide bonds. The Morgan fingerprint density at radius 2 is 1.95 bits per heavy atom. The molecular formula is C12H20F3NO2S. The van der Waals surface area contributed by atoms with Gasteiger partial charge in [-0.25, -0.2) is 0 Å². The molecule has 1 fully saturated rings. The highest BCUT2D eigenvalue weighted by molar-refractivity contribution is 8.00. The lowest BCUT2D eigenvalue weighted by Crippen LogP contribution is -2.45. The molecule has 0 unspecified atom stereocenters. The number of carboxylic acids is 1. The van der Waals surface area contributed by atoms with Crippen molar-refractivity contribution < 1.29 is 23.1 Å². The first-order chi connectivity index (χ1) is 8.79. The summed E-state index contributed by atoms with van der Waals surface area (Å²) in [6.45, 7) is 3.47. The summed E-state index contributed by atoms with van der Waals surface area (Å²) >= 11 is -0.0143. The molecule has 0 radical (unpaired) electrons. The van der Waals surface area contributed by atoms with Gasteiger partial charge in [-0.05, 0) is 44.1 Å². The fourth-order valence-corrected chi connectivity index (χ4v) is 3.13. The lowest BCUT2D eigenvalue weighted by atomic mass is 9.75. The smallest absolute Gasteiger partial charge is 0.441 e. The van der Waals surface area contributed by atoms with Gasteiger partial charge < -0.3 is 10.0 Å². The van der Waals surface area contributed by atoms with E-state index >= 15 is 0 Å². The Morgan fingerprint density at radius 3 is 2.37 bits per heavy atom. The van der Waals surface area contributed by atoms with Crippen molar-refractivity contribution in [2.45, 2.75) is 38.1 Å². The van der Waals surface area contributed by atoms with Gasteiger partial charge in [0.05, 0.1) is 5.41 Å². The van der Waals surface area contributed by atoms with Crippen LogP contribution in [-0.4, -0.2) is 46.9 Å². The highest BCUT2D eigenvalue weighted by Gasteiger charge is 2.40. The Hall–Kier alpha value is -0.430. The summed E-state index contributed by atoms with van der Waals surface area (Å²) in [5.74, 6) is -0.754. The van der Waals surface area contributed by atoms with Crippen molar-refractivity contribution in [1.82, 2.24) is 4.90 Å². The predicted octanol–water partition coefficient (Wildman–Crippen LogP) is 3.21. The van der Waals surface area contributed by atoms with Gasteiger partial charge in [-0.2, -0.15) is 13.2 Å².